The van der Waals surface area contributed by atoms with Gasteiger partial charge in [0.15, 0.2) is 0 Å². The molecule has 0 radical (unpaired) electrons. The molecule has 120 valence electrons. The number of aryl methyl sites for hydroxylation is 1. The topological polar surface area (TPSA) is 72.2 Å². The Morgan fingerprint density at radius 3 is 2.13 bits per heavy atom. The molecule has 0 heterocycles. The maximum Gasteiger partial charge on any atom is 0.240 e. The molecule has 2 aromatic rings. The van der Waals surface area contributed by atoms with Gasteiger partial charge in [-0.15, -0.1) is 0 Å². The summed E-state index contributed by atoms with van der Waals surface area (Å²) in [6.07, 6.45) is 1.60. The van der Waals surface area contributed by atoms with Crippen molar-refractivity contribution in [2.24, 2.45) is 5.73 Å². The highest BCUT2D eigenvalue weighted by Crippen LogP contribution is 2.07. The van der Waals surface area contributed by atoms with E-state index < -0.39 is 11.9 Å². The summed E-state index contributed by atoms with van der Waals surface area (Å²) >= 11 is 0. The number of rotatable bonds is 7. The first-order chi connectivity index (χ1) is 11.1. The van der Waals surface area contributed by atoms with Gasteiger partial charge in [0.05, 0.1) is 6.42 Å². The lowest BCUT2D eigenvalue weighted by atomic mass is 10.0. The highest BCUT2D eigenvalue weighted by molar-refractivity contribution is 5.87. The Morgan fingerprint density at radius 1 is 0.957 bits per heavy atom. The van der Waals surface area contributed by atoms with E-state index in [0.717, 1.165) is 17.5 Å². The normalized spacial score (nSPS) is 11.7. The van der Waals surface area contributed by atoms with Crippen LogP contribution in [0.5, 0.6) is 0 Å². The van der Waals surface area contributed by atoms with Gasteiger partial charge in [0.1, 0.15) is 6.04 Å². The third-order valence-corrected chi connectivity index (χ3v) is 3.76. The average molecular weight is 310 g/mol. The van der Waals surface area contributed by atoms with Gasteiger partial charge in [-0.05, 0) is 23.1 Å². The van der Waals surface area contributed by atoms with Crippen LogP contribution in [-0.2, 0) is 28.9 Å². The molecule has 0 aliphatic rings. The summed E-state index contributed by atoms with van der Waals surface area (Å²) in [6.45, 7) is 2.09. The largest absolute Gasteiger partial charge is 0.368 e. The Balaban J connectivity index is 1.96. The molecule has 0 fully saturated rings. The van der Waals surface area contributed by atoms with E-state index in [2.05, 4.69) is 12.2 Å². The van der Waals surface area contributed by atoms with Crippen molar-refractivity contribution in [3.05, 3.63) is 71.3 Å². The molecule has 0 spiro atoms. The van der Waals surface area contributed by atoms with Crippen LogP contribution in [0.25, 0.3) is 0 Å². The van der Waals surface area contributed by atoms with E-state index in [0.29, 0.717) is 6.42 Å². The number of benzene rings is 2. The fourth-order valence-electron chi connectivity index (χ4n) is 2.40. The van der Waals surface area contributed by atoms with Crippen molar-refractivity contribution in [1.82, 2.24) is 5.32 Å². The number of nitrogens with two attached hydrogens (primary N) is 1. The van der Waals surface area contributed by atoms with Gasteiger partial charge in [-0.3, -0.25) is 9.59 Å². The monoisotopic (exact) mass is 310 g/mol. The number of carbonyl (C=O) groups is 2. The Hall–Kier alpha value is -2.62. The van der Waals surface area contributed by atoms with E-state index in [1.165, 1.54) is 5.56 Å². The van der Waals surface area contributed by atoms with Crippen LogP contribution in [-0.4, -0.2) is 17.9 Å². The molecule has 4 nitrogen and oxygen atoms in total. The zero-order valence-corrected chi connectivity index (χ0v) is 13.3. The highest BCUT2D eigenvalue weighted by atomic mass is 16.2. The van der Waals surface area contributed by atoms with Gasteiger partial charge in [-0.1, -0.05) is 61.5 Å². The lowest BCUT2D eigenvalue weighted by molar-refractivity contribution is -0.127. The van der Waals surface area contributed by atoms with Gasteiger partial charge in [-0.2, -0.15) is 0 Å². The van der Waals surface area contributed by atoms with Crippen molar-refractivity contribution >= 4 is 11.8 Å². The summed E-state index contributed by atoms with van der Waals surface area (Å²) in [5, 5.41) is 2.73. The minimum atomic E-state index is -0.695. The first kappa shape index (κ1) is 16.7. The summed E-state index contributed by atoms with van der Waals surface area (Å²) in [5.41, 5.74) is 8.52. The molecule has 0 bridgehead atoms. The second kappa shape index (κ2) is 8.13. The number of carbonyl (C=O) groups excluding carboxylic acids is 2. The second-order valence-electron chi connectivity index (χ2n) is 5.56. The first-order valence-electron chi connectivity index (χ1n) is 7.79. The predicted octanol–water partition coefficient (Wildman–Crippen LogP) is 2.00. The van der Waals surface area contributed by atoms with Gasteiger partial charge in [-0.25, -0.2) is 0 Å². The van der Waals surface area contributed by atoms with E-state index in [1.807, 2.05) is 54.6 Å². The number of nitrogens with one attached hydrogen (secondary N) is 1. The number of amides is 2. The summed E-state index contributed by atoms with van der Waals surface area (Å²) < 4.78 is 0. The summed E-state index contributed by atoms with van der Waals surface area (Å²) in [5.74, 6) is -0.725. The molecule has 0 aliphatic carbocycles. The molecular weight excluding hydrogens is 288 g/mol. The van der Waals surface area contributed by atoms with E-state index in [-0.39, 0.29) is 12.3 Å². The van der Waals surface area contributed by atoms with Gasteiger partial charge >= 0.3 is 0 Å². The molecule has 0 aliphatic heterocycles. The van der Waals surface area contributed by atoms with Crippen LogP contribution in [0.1, 0.15) is 23.6 Å². The van der Waals surface area contributed by atoms with Crippen LogP contribution in [0.2, 0.25) is 0 Å². The number of hydrogen-bond acceptors (Lipinski definition) is 2. The zero-order chi connectivity index (χ0) is 16.7. The molecule has 1 atom stereocenters. The van der Waals surface area contributed by atoms with Crippen LogP contribution >= 0.6 is 0 Å². The Morgan fingerprint density at radius 2 is 1.57 bits per heavy atom. The van der Waals surface area contributed by atoms with Gasteiger partial charge in [0, 0.05) is 6.42 Å². The molecule has 0 unspecified atom stereocenters. The van der Waals surface area contributed by atoms with Gasteiger partial charge < -0.3 is 11.1 Å². The first-order valence-corrected chi connectivity index (χ1v) is 7.79. The van der Waals surface area contributed by atoms with Crippen LogP contribution in [0.3, 0.4) is 0 Å². The quantitative estimate of drug-likeness (QED) is 0.821. The minimum absolute atomic E-state index is 0.200. The fraction of sp³-hybridized carbons (Fsp3) is 0.263. The summed E-state index contributed by atoms with van der Waals surface area (Å²) in [6, 6.07) is 16.7. The summed E-state index contributed by atoms with van der Waals surface area (Å²) in [4.78, 5) is 23.7. The maximum absolute atomic E-state index is 12.2. The number of primary amides is 1. The Kier molecular flexibility index (Phi) is 5.92. The van der Waals surface area contributed by atoms with Crippen LogP contribution in [0.4, 0.5) is 0 Å². The molecule has 0 aromatic heterocycles. The van der Waals surface area contributed by atoms with E-state index in [4.69, 9.17) is 5.73 Å². The molecule has 2 amide bonds. The van der Waals surface area contributed by atoms with E-state index in [1.54, 1.807) is 0 Å². The summed E-state index contributed by atoms with van der Waals surface area (Å²) in [7, 11) is 0. The molecule has 2 rings (SSSR count). The fourth-order valence-corrected chi connectivity index (χ4v) is 2.40. The van der Waals surface area contributed by atoms with Crippen molar-refractivity contribution in [2.75, 3.05) is 0 Å². The van der Waals surface area contributed by atoms with Crippen LogP contribution in [0.15, 0.2) is 54.6 Å². The number of hydrogen-bond donors (Lipinski definition) is 2. The van der Waals surface area contributed by atoms with Crippen LogP contribution in [0, 0.1) is 0 Å². The third kappa shape index (κ3) is 5.25. The molecule has 0 saturated heterocycles. The lowest BCUT2D eigenvalue weighted by Gasteiger charge is -2.15. The maximum atomic E-state index is 12.2. The average Bonchev–Trinajstić information content (AvgIpc) is 2.56. The van der Waals surface area contributed by atoms with Crippen LogP contribution < -0.4 is 11.1 Å². The van der Waals surface area contributed by atoms with Crippen molar-refractivity contribution < 1.29 is 9.59 Å². The smallest absolute Gasteiger partial charge is 0.240 e. The highest BCUT2D eigenvalue weighted by Gasteiger charge is 2.18. The van der Waals surface area contributed by atoms with E-state index in [9.17, 15) is 9.59 Å². The predicted molar refractivity (Wildman–Crippen MR) is 90.8 cm³/mol. The Bertz CT molecular complexity index is 651. The SMILES string of the molecule is CCc1ccc(CC(=O)N[C@@H](Cc2ccccc2)C(N)=O)cc1. The molecule has 0 saturated carbocycles. The zero-order valence-electron chi connectivity index (χ0n) is 13.3. The molecule has 4 heteroatoms. The molecule has 3 N–H and O–H groups in total. The third-order valence-electron chi connectivity index (χ3n) is 3.76. The second-order valence-corrected chi connectivity index (χ2v) is 5.56. The minimum Gasteiger partial charge on any atom is -0.368 e. The van der Waals surface area contributed by atoms with Crippen molar-refractivity contribution in [3.8, 4) is 0 Å². The Labute approximate surface area is 136 Å². The standard InChI is InChI=1S/C19H22N2O2/c1-2-14-8-10-16(11-9-14)13-18(22)21-17(19(20)23)12-15-6-4-3-5-7-15/h3-11,17H,2,12-13H2,1H3,(H2,20,23)(H,21,22)/t17-/m0/s1. The van der Waals surface area contributed by atoms with Crippen molar-refractivity contribution in [1.29, 1.82) is 0 Å². The molecule has 23 heavy (non-hydrogen) atoms. The van der Waals surface area contributed by atoms with E-state index >= 15 is 0 Å². The molecular formula is C19H22N2O2. The van der Waals surface area contributed by atoms with Gasteiger partial charge in [0.2, 0.25) is 11.8 Å². The molecule has 2 aromatic carbocycles. The van der Waals surface area contributed by atoms with Crippen molar-refractivity contribution in [3.63, 3.8) is 0 Å². The van der Waals surface area contributed by atoms with Crippen molar-refractivity contribution in [2.45, 2.75) is 32.2 Å². The lowest BCUT2D eigenvalue weighted by Crippen LogP contribution is -2.46. The van der Waals surface area contributed by atoms with Gasteiger partial charge in [0.25, 0.3) is 0 Å².